The molecule has 0 aromatic rings. The second-order valence-corrected chi connectivity index (χ2v) is 14.0. The van der Waals surface area contributed by atoms with Crippen molar-refractivity contribution < 1.29 is 34.2 Å². The Morgan fingerprint density at radius 2 is 0.867 bits per heavy atom. The van der Waals surface area contributed by atoms with Crippen molar-refractivity contribution >= 4 is 17.9 Å². The molecule has 3 unspecified atom stereocenters. The fraction of sp³-hybridized carbons (Fsp3) is 0.868. The van der Waals surface area contributed by atoms with Gasteiger partial charge in [0.2, 0.25) is 0 Å². The number of carbonyl (C=O) groups is 3. The summed E-state index contributed by atoms with van der Waals surface area (Å²) in [6.45, 7) is 10.00. The van der Waals surface area contributed by atoms with Crippen LogP contribution in [-0.2, 0) is 14.4 Å². The number of aliphatic carboxylic acids is 3. The average Bonchev–Trinajstić information content (AvgIpc) is 3.01. The van der Waals surface area contributed by atoms with E-state index in [2.05, 4.69) is 19.1 Å². The Labute approximate surface area is 276 Å². The first kappa shape index (κ1) is 43.1. The van der Waals surface area contributed by atoms with Crippen LogP contribution in [0.15, 0.2) is 12.2 Å². The zero-order valence-corrected chi connectivity index (χ0v) is 29.7. The molecule has 0 amide bonds. The summed E-state index contributed by atoms with van der Waals surface area (Å²) in [5.41, 5.74) is 0. The fourth-order valence-electron chi connectivity index (χ4n) is 6.02. The number of rotatable bonds is 33. The summed E-state index contributed by atoms with van der Waals surface area (Å²) in [5, 5.41) is 30.3. The van der Waals surface area contributed by atoms with Gasteiger partial charge in [-0.15, -0.1) is 0 Å². The predicted molar refractivity (Wildman–Crippen MR) is 184 cm³/mol. The molecule has 2 N–H and O–H groups in total. The minimum atomic E-state index is -1.07. The molecule has 45 heavy (non-hydrogen) atoms. The van der Waals surface area contributed by atoms with Crippen molar-refractivity contribution in [2.24, 2.45) is 17.8 Å². The van der Waals surface area contributed by atoms with E-state index in [4.69, 9.17) is 0 Å². The monoisotopic (exact) mass is 638 g/mol. The minimum absolute atomic E-state index is 0.446. The van der Waals surface area contributed by atoms with E-state index < -0.39 is 35.7 Å². The number of allylic oxidation sites excluding steroid dienone is 2. The number of nitrogens with zero attached hydrogens (tertiary/aromatic N) is 1. The number of hydrogen-bond acceptors (Lipinski definition) is 4. The number of quaternary nitrogens is 1. The van der Waals surface area contributed by atoms with Crippen molar-refractivity contribution in [3.63, 3.8) is 0 Å². The van der Waals surface area contributed by atoms with E-state index in [9.17, 15) is 29.7 Å². The van der Waals surface area contributed by atoms with E-state index in [0.717, 1.165) is 25.8 Å². The molecule has 264 valence electrons. The molecule has 0 aliphatic carbocycles. The van der Waals surface area contributed by atoms with Gasteiger partial charge in [-0.1, -0.05) is 123 Å². The number of carboxylic acid groups (broad SMARTS) is 3. The van der Waals surface area contributed by atoms with Crippen molar-refractivity contribution in [2.75, 3.05) is 26.2 Å². The van der Waals surface area contributed by atoms with E-state index in [0.29, 0.717) is 43.4 Å². The molecule has 0 bridgehead atoms. The fourth-order valence-corrected chi connectivity index (χ4v) is 6.02. The Balaban J connectivity index is 4.35. The van der Waals surface area contributed by atoms with Gasteiger partial charge in [-0.25, -0.2) is 0 Å². The highest BCUT2D eigenvalue weighted by Gasteiger charge is 2.30. The lowest BCUT2D eigenvalue weighted by molar-refractivity contribution is -0.929. The lowest BCUT2D eigenvalue weighted by atomic mass is 10.0. The quantitative estimate of drug-likeness (QED) is 0.0422. The maximum atomic E-state index is 11.5. The third kappa shape index (κ3) is 24.9. The number of carboxylic acids is 3. The molecule has 0 spiro atoms. The van der Waals surface area contributed by atoms with Crippen LogP contribution in [0.25, 0.3) is 0 Å². The van der Waals surface area contributed by atoms with Crippen LogP contribution in [0.4, 0.5) is 0 Å². The maximum absolute atomic E-state index is 11.5. The molecule has 7 nitrogen and oxygen atoms in total. The first-order valence-electron chi connectivity index (χ1n) is 18.7. The van der Waals surface area contributed by atoms with E-state index >= 15 is 0 Å². The molecular formula is C38H71NO6. The Bertz CT molecular complexity index is 722. The highest BCUT2D eigenvalue weighted by atomic mass is 16.4. The zero-order chi connectivity index (χ0) is 33.8. The highest BCUT2D eigenvalue weighted by Crippen LogP contribution is 2.22. The molecule has 7 heteroatoms. The second kappa shape index (κ2) is 28.3. The van der Waals surface area contributed by atoms with Gasteiger partial charge in [0.15, 0.2) is 0 Å². The molecule has 0 aromatic heterocycles. The van der Waals surface area contributed by atoms with Crippen LogP contribution in [0.1, 0.15) is 169 Å². The van der Waals surface area contributed by atoms with Crippen LogP contribution >= 0.6 is 0 Å². The van der Waals surface area contributed by atoms with Gasteiger partial charge in [-0.05, 0) is 38.5 Å². The summed E-state index contributed by atoms with van der Waals surface area (Å²) >= 11 is 0. The molecular weight excluding hydrogens is 566 g/mol. The molecule has 0 radical (unpaired) electrons. The zero-order valence-electron chi connectivity index (χ0n) is 29.7. The van der Waals surface area contributed by atoms with Gasteiger partial charge in [0.25, 0.3) is 0 Å². The Kier molecular flexibility index (Phi) is 27.2. The highest BCUT2D eigenvalue weighted by molar-refractivity contribution is 5.69. The number of carbonyl (C=O) groups excluding carboxylic acids is 1. The molecule has 0 aliphatic rings. The summed E-state index contributed by atoms with van der Waals surface area (Å²) in [4.78, 5) is 34.4. The van der Waals surface area contributed by atoms with E-state index in [1.54, 1.807) is 20.8 Å². The van der Waals surface area contributed by atoms with Crippen molar-refractivity contribution in [1.29, 1.82) is 0 Å². The van der Waals surface area contributed by atoms with Crippen LogP contribution in [0.3, 0.4) is 0 Å². The van der Waals surface area contributed by atoms with Crippen molar-refractivity contribution in [3.05, 3.63) is 12.2 Å². The molecule has 0 rings (SSSR count). The molecule has 0 aromatic carbocycles. The van der Waals surface area contributed by atoms with Crippen LogP contribution in [0, 0.1) is 17.8 Å². The van der Waals surface area contributed by atoms with Crippen LogP contribution in [0.5, 0.6) is 0 Å². The third-order valence-electron chi connectivity index (χ3n) is 9.75. The van der Waals surface area contributed by atoms with Crippen LogP contribution in [0.2, 0.25) is 0 Å². The largest absolute Gasteiger partial charge is 0.550 e. The van der Waals surface area contributed by atoms with Crippen molar-refractivity contribution in [1.82, 2.24) is 0 Å². The van der Waals surface area contributed by atoms with Gasteiger partial charge in [0.1, 0.15) is 0 Å². The normalized spacial score (nSPS) is 15.1. The summed E-state index contributed by atoms with van der Waals surface area (Å²) in [6, 6.07) is 0. The average molecular weight is 638 g/mol. The van der Waals surface area contributed by atoms with Gasteiger partial charge in [0, 0.05) is 31.1 Å². The maximum Gasteiger partial charge on any atom is 0.306 e. The second-order valence-electron chi connectivity index (χ2n) is 14.0. The van der Waals surface area contributed by atoms with Gasteiger partial charge in [-0.3, -0.25) is 9.59 Å². The molecule has 3 atom stereocenters. The van der Waals surface area contributed by atoms with E-state index in [1.165, 1.54) is 103 Å². The number of unbranched alkanes of at least 4 members (excludes halogenated alkanes) is 17. The van der Waals surface area contributed by atoms with E-state index in [-0.39, 0.29) is 0 Å². The van der Waals surface area contributed by atoms with Crippen LogP contribution < -0.4 is 5.11 Å². The standard InChI is InChI=1S/C38H71NO6/c1-5-6-7-8-9-10-11-12-13-14-15-16-17-18-19-20-21-22-23-24-25-29-39(30-26-33(2)36(40)41,31-27-34(3)37(42)43)32-28-35(4)38(44)45/h12-13,33-35H,5-11,14-32H2,1-4H3,(H2-,40,41,42,43,44,45)/b13-12+. The van der Waals surface area contributed by atoms with Gasteiger partial charge < -0.3 is 24.6 Å². The predicted octanol–water partition coefficient (Wildman–Crippen LogP) is 8.79. The van der Waals surface area contributed by atoms with Gasteiger partial charge in [-0.2, -0.15) is 0 Å². The van der Waals surface area contributed by atoms with Crippen LogP contribution in [-0.4, -0.2) is 58.8 Å². The Morgan fingerprint density at radius 1 is 0.533 bits per heavy atom. The number of hydrogen-bond donors (Lipinski definition) is 2. The lowest BCUT2D eigenvalue weighted by Gasteiger charge is -2.41. The first-order valence-corrected chi connectivity index (χ1v) is 18.7. The third-order valence-corrected chi connectivity index (χ3v) is 9.75. The molecule has 0 fully saturated rings. The SMILES string of the molecule is CCCCCCCC/C=C/CCCCCCCCCCCCC[N+](CCC(C)C(=O)[O-])(CCC(C)C(=O)O)CCC(C)C(=O)O. The lowest BCUT2D eigenvalue weighted by Crippen LogP contribution is -2.52. The first-order chi connectivity index (χ1) is 21.5. The molecule has 0 saturated heterocycles. The molecule has 0 saturated carbocycles. The van der Waals surface area contributed by atoms with Gasteiger partial charge >= 0.3 is 11.9 Å². The minimum Gasteiger partial charge on any atom is -0.550 e. The molecule has 0 heterocycles. The van der Waals surface area contributed by atoms with Gasteiger partial charge in [0.05, 0.1) is 38.0 Å². The van der Waals surface area contributed by atoms with Crippen molar-refractivity contribution in [2.45, 2.75) is 169 Å². The summed E-state index contributed by atoms with van der Waals surface area (Å²) in [7, 11) is 0. The topological polar surface area (TPSA) is 115 Å². The summed E-state index contributed by atoms with van der Waals surface area (Å²) in [5.74, 6) is -4.31. The summed E-state index contributed by atoms with van der Waals surface area (Å²) < 4.78 is 0.585. The Morgan fingerprint density at radius 3 is 1.22 bits per heavy atom. The molecule has 0 aliphatic heterocycles. The smallest absolute Gasteiger partial charge is 0.306 e. The Hall–Kier alpha value is -1.89. The van der Waals surface area contributed by atoms with E-state index in [1.807, 2.05) is 0 Å². The summed E-state index contributed by atoms with van der Waals surface area (Å²) in [6.07, 6.45) is 30.5. The van der Waals surface area contributed by atoms with Crippen molar-refractivity contribution in [3.8, 4) is 0 Å².